The highest BCUT2D eigenvalue weighted by atomic mass is 16.4. The highest BCUT2D eigenvalue weighted by molar-refractivity contribution is 5.87. The van der Waals surface area contributed by atoms with Crippen LogP contribution in [0, 0.1) is 0 Å². The maximum Gasteiger partial charge on any atom is 0.417 e. The summed E-state index contributed by atoms with van der Waals surface area (Å²) in [6, 6.07) is 0. The second-order valence-electron chi connectivity index (χ2n) is 1.34. The van der Waals surface area contributed by atoms with E-state index in [1.807, 2.05) is 0 Å². The second-order valence-corrected chi connectivity index (χ2v) is 1.34. The van der Waals surface area contributed by atoms with Crippen molar-refractivity contribution in [1.82, 2.24) is 4.90 Å². The van der Waals surface area contributed by atoms with Crippen LogP contribution in [0.2, 0.25) is 0 Å². The van der Waals surface area contributed by atoms with E-state index in [4.69, 9.17) is 10.2 Å². The normalized spacial score (nSPS) is 8.40. The van der Waals surface area contributed by atoms with Crippen LogP contribution in [0.5, 0.6) is 0 Å². The third kappa shape index (κ3) is 2.12. The SMILES string of the molecule is O=CCN(C(=O)O)C(=O)O. The number of amides is 2. The summed E-state index contributed by atoms with van der Waals surface area (Å²) < 4.78 is 0. The summed E-state index contributed by atoms with van der Waals surface area (Å²) in [5.41, 5.74) is 0. The van der Waals surface area contributed by atoms with Crippen LogP contribution >= 0.6 is 0 Å². The van der Waals surface area contributed by atoms with Crippen LogP contribution in [-0.2, 0) is 4.79 Å². The van der Waals surface area contributed by atoms with E-state index in [9.17, 15) is 14.4 Å². The van der Waals surface area contributed by atoms with E-state index in [1.165, 1.54) is 0 Å². The number of rotatable bonds is 2. The first-order chi connectivity index (χ1) is 4.59. The van der Waals surface area contributed by atoms with Gasteiger partial charge in [0.2, 0.25) is 0 Å². The van der Waals surface area contributed by atoms with Gasteiger partial charge in [0.25, 0.3) is 0 Å². The van der Waals surface area contributed by atoms with Crippen LogP contribution in [-0.4, -0.2) is 40.1 Å². The van der Waals surface area contributed by atoms with Crippen LogP contribution in [0.1, 0.15) is 0 Å². The second kappa shape index (κ2) is 3.44. The van der Waals surface area contributed by atoms with Crippen molar-refractivity contribution < 1.29 is 24.6 Å². The number of carbonyl (C=O) groups excluding carboxylic acids is 1. The molecule has 0 aliphatic rings. The van der Waals surface area contributed by atoms with E-state index in [0.717, 1.165) is 0 Å². The smallest absolute Gasteiger partial charge is 0.417 e. The number of nitrogens with zero attached hydrogens (tertiary/aromatic N) is 1. The Kier molecular flexibility index (Phi) is 2.89. The van der Waals surface area contributed by atoms with E-state index < -0.39 is 18.7 Å². The van der Waals surface area contributed by atoms with E-state index in [2.05, 4.69) is 0 Å². The molecule has 0 aliphatic heterocycles. The lowest BCUT2D eigenvalue weighted by Gasteiger charge is -2.07. The third-order valence-corrected chi connectivity index (χ3v) is 0.719. The average Bonchev–Trinajstić information content (AvgIpc) is 1.81. The van der Waals surface area contributed by atoms with E-state index in [0.29, 0.717) is 0 Å². The quantitative estimate of drug-likeness (QED) is 0.529. The van der Waals surface area contributed by atoms with Crippen LogP contribution in [0.3, 0.4) is 0 Å². The first kappa shape index (κ1) is 8.41. The van der Waals surface area contributed by atoms with Crippen molar-refractivity contribution in [3.63, 3.8) is 0 Å². The molecule has 0 aromatic heterocycles. The summed E-state index contributed by atoms with van der Waals surface area (Å²) in [5.74, 6) is 0. The molecular formula is C4H5NO5. The predicted octanol–water partition coefficient (Wildman–Crippen LogP) is -0.157. The number of hydrogen-bond donors (Lipinski definition) is 2. The van der Waals surface area contributed by atoms with Gasteiger partial charge < -0.3 is 15.0 Å². The van der Waals surface area contributed by atoms with Gasteiger partial charge in [0, 0.05) is 0 Å². The number of carboxylic acid groups (broad SMARTS) is 2. The van der Waals surface area contributed by atoms with Crippen LogP contribution in [0.4, 0.5) is 9.59 Å². The maximum absolute atomic E-state index is 9.92. The molecule has 0 heterocycles. The molecule has 2 N–H and O–H groups in total. The predicted molar refractivity (Wildman–Crippen MR) is 28.8 cm³/mol. The van der Waals surface area contributed by atoms with Crippen LogP contribution in [0.25, 0.3) is 0 Å². The largest absolute Gasteiger partial charge is 0.465 e. The Bertz CT molecular complexity index is 151. The van der Waals surface area contributed by atoms with Crippen molar-refractivity contribution in [3.8, 4) is 0 Å². The summed E-state index contributed by atoms with van der Waals surface area (Å²) in [6.45, 7) is -0.648. The van der Waals surface area contributed by atoms with Gasteiger partial charge in [-0.2, -0.15) is 0 Å². The van der Waals surface area contributed by atoms with Gasteiger partial charge in [0.15, 0.2) is 0 Å². The topological polar surface area (TPSA) is 94.9 Å². The number of aldehydes is 1. The van der Waals surface area contributed by atoms with E-state index in [-0.39, 0.29) is 11.2 Å². The first-order valence-electron chi connectivity index (χ1n) is 2.26. The van der Waals surface area contributed by atoms with Crippen molar-refractivity contribution in [1.29, 1.82) is 0 Å². The molecule has 10 heavy (non-hydrogen) atoms. The number of carbonyl (C=O) groups is 3. The molecular weight excluding hydrogens is 142 g/mol. The average molecular weight is 147 g/mol. The van der Waals surface area contributed by atoms with Gasteiger partial charge in [-0.1, -0.05) is 0 Å². The molecule has 6 nitrogen and oxygen atoms in total. The van der Waals surface area contributed by atoms with Gasteiger partial charge in [-0.25, -0.2) is 14.5 Å². The minimum absolute atomic E-state index is 0.0208. The molecule has 0 unspecified atom stereocenters. The molecule has 0 aromatic rings. The molecule has 0 saturated carbocycles. The van der Waals surface area contributed by atoms with Gasteiger partial charge in [-0.15, -0.1) is 0 Å². The maximum atomic E-state index is 9.92. The molecule has 6 heteroatoms. The fourth-order valence-corrected chi connectivity index (χ4v) is 0.313. The molecule has 0 aliphatic carbocycles. The number of imide groups is 1. The summed E-state index contributed by atoms with van der Waals surface area (Å²) in [6.07, 6.45) is -3.11. The zero-order chi connectivity index (χ0) is 8.15. The van der Waals surface area contributed by atoms with Crippen LogP contribution < -0.4 is 0 Å². The highest BCUT2D eigenvalue weighted by Gasteiger charge is 2.17. The Hall–Kier alpha value is -1.59. The Morgan fingerprint density at radius 2 is 1.70 bits per heavy atom. The summed E-state index contributed by atoms with van der Waals surface area (Å²) >= 11 is 0. The zero-order valence-electron chi connectivity index (χ0n) is 4.85. The van der Waals surface area contributed by atoms with Crippen molar-refractivity contribution in [3.05, 3.63) is 0 Å². The van der Waals surface area contributed by atoms with Crippen molar-refractivity contribution in [2.24, 2.45) is 0 Å². The molecule has 2 amide bonds. The lowest BCUT2D eigenvalue weighted by atomic mass is 10.6. The van der Waals surface area contributed by atoms with Gasteiger partial charge in [0.05, 0.1) is 6.54 Å². The molecule has 0 bridgehead atoms. The first-order valence-corrected chi connectivity index (χ1v) is 2.26. The van der Waals surface area contributed by atoms with Gasteiger partial charge in [-0.3, -0.25) is 0 Å². The Morgan fingerprint density at radius 1 is 1.30 bits per heavy atom. The summed E-state index contributed by atoms with van der Waals surface area (Å²) in [4.78, 5) is 29.5. The third-order valence-electron chi connectivity index (χ3n) is 0.719. The van der Waals surface area contributed by atoms with Gasteiger partial charge in [-0.05, 0) is 0 Å². The minimum Gasteiger partial charge on any atom is -0.465 e. The highest BCUT2D eigenvalue weighted by Crippen LogP contribution is 1.86. The molecule has 56 valence electrons. The Balaban J connectivity index is 4.11. The molecule has 0 atom stereocenters. The molecule has 0 saturated heterocycles. The zero-order valence-corrected chi connectivity index (χ0v) is 4.85. The molecule has 0 aromatic carbocycles. The van der Waals surface area contributed by atoms with Crippen molar-refractivity contribution >= 4 is 18.5 Å². The standard InChI is InChI=1S/C4H5NO5/c6-2-1-5(3(7)8)4(9)10/h2H,1H2,(H,7,8)(H,9,10). The van der Waals surface area contributed by atoms with Crippen molar-refractivity contribution in [2.75, 3.05) is 6.54 Å². The summed E-state index contributed by atoms with van der Waals surface area (Å²) in [7, 11) is 0. The lowest BCUT2D eigenvalue weighted by molar-refractivity contribution is -0.108. The minimum atomic E-state index is -1.65. The Labute approximate surface area is 55.7 Å². The van der Waals surface area contributed by atoms with Crippen LogP contribution in [0.15, 0.2) is 0 Å². The van der Waals surface area contributed by atoms with Gasteiger partial charge >= 0.3 is 12.2 Å². The Morgan fingerprint density at radius 3 is 1.80 bits per heavy atom. The number of hydrogen-bond acceptors (Lipinski definition) is 3. The molecule has 0 radical (unpaired) electrons. The van der Waals surface area contributed by atoms with E-state index in [1.54, 1.807) is 0 Å². The molecule has 0 rings (SSSR count). The monoisotopic (exact) mass is 147 g/mol. The molecule has 0 spiro atoms. The fraction of sp³-hybridized carbons (Fsp3) is 0.250. The summed E-state index contributed by atoms with van der Waals surface area (Å²) in [5, 5.41) is 16.1. The lowest BCUT2D eigenvalue weighted by Crippen LogP contribution is -2.35. The molecule has 0 fully saturated rings. The van der Waals surface area contributed by atoms with Gasteiger partial charge in [0.1, 0.15) is 6.29 Å². The van der Waals surface area contributed by atoms with Crippen molar-refractivity contribution in [2.45, 2.75) is 0 Å². The fourth-order valence-electron chi connectivity index (χ4n) is 0.313. The van der Waals surface area contributed by atoms with E-state index >= 15 is 0 Å².